The molecule has 3 N–H and O–H groups in total. The van der Waals surface area contributed by atoms with E-state index in [1.54, 1.807) is 0 Å². The number of fused-ring (bicyclic) bond motifs is 5. The molecule has 0 saturated heterocycles. The van der Waals surface area contributed by atoms with Crippen molar-refractivity contribution in [1.82, 2.24) is 0 Å². The highest BCUT2D eigenvalue weighted by atomic mass is 16.3. The Bertz CT molecular complexity index is 529. The van der Waals surface area contributed by atoms with Gasteiger partial charge in [-0.25, -0.2) is 0 Å². The fourth-order valence-electron chi connectivity index (χ4n) is 6.95. The highest BCUT2D eigenvalue weighted by Gasteiger charge is 2.60. The van der Waals surface area contributed by atoms with Gasteiger partial charge < -0.3 is 15.3 Å². The smallest absolute Gasteiger partial charge is 0.0757 e. The van der Waals surface area contributed by atoms with Crippen LogP contribution >= 0.6 is 0 Å². The van der Waals surface area contributed by atoms with Gasteiger partial charge in [0.15, 0.2) is 0 Å². The van der Waals surface area contributed by atoms with Gasteiger partial charge in [-0.15, -0.1) is 0 Å². The normalized spacial score (nSPS) is 58.9. The van der Waals surface area contributed by atoms with Gasteiger partial charge in [0.05, 0.1) is 18.3 Å². The predicted octanol–water partition coefficient (Wildman–Crippen LogP) is 2.89. The zero-order chi connectivity index (χ0) is 16.6. The summed E-state index contributed by atoms with van der Waals surface area (Å²) in [5.41, 5.74) is 1.40. The molecule has 0 aromatic heterocycles. The average Bonchev–Trinajstić information content (AvgIpc) is 2.78. The van der Waals surface area contributed by atoms with E-state index < -0.39 is 6.10 Å². The first-order valence-electron chi connectivity index (χ1n) is 9.53. The number of hydrogen-bond acceptors (Lipinski definition) is 3. The summed E-state index contributed by atoms with van der Waals surface area (Å²) in [5.74, 6) is 1.54. The van der Waals surface area contributed by atoms with Crippen LogP contribution in [0.4, 0.5) is 0 Å². The lowest BCUT2D eigenvalue weighted by atomic mass is 9.46. The van der Waals surface area contributed by atoms with Crippen LogP contribution in [0, 0.1) is 34.5 Å². The maximum Gasteiger partial charge on any atom is 0.0757 e. The van der Waals surface area contributed by atoms with Crippen molar-refractivity contribution < 1.29 is 15.3 Å². The molecular weight excluding hydrogens is 288 g/mol. The molecule has 4 rings (SSSR count). The molecule has 0 aliphatic heterocycles. The first kappa shape index (κ1) is 16.1. The molecule has 9 atom stereocenters. The Labute approximate surface area is 139 Å². The summed E-state index contributed by atoms with van der Waals surface area (Å²) in [5, 5.41) is 31.7. The van der Waals surface area contributed by atoms with E-state index in [2.05, 4.69) is 26.8 Å². The van der Waals surface area contributed by atoms with Gasteiger partial charge in [-0.3, -0.25) is 0 Å². The van der Waals surface area contributed by atoms with E-state index in [4.69, 9.17) is 0 Å². The van der Waals surface area contributed by atoms with Crippen LogP contribution in [-0.2, 0) is 0 Å². The minimum atomic E-state index is -0.404. The highest BCUT2D eigenvalue weighted by molar-refractivity contribution is 5.28. The minimum absolute atomic E-state index is 0.0103. The lowest BCUT2D eigenvalue weighted by Crippen LogP contribution is -2.56. The van der Waals surface area contributed by atoms with Gasteiger partial charge in [-0.1, -0.05) is 32.4 Å². The van der Waals surface area contributed by atoms with E-state index in [1.165, 1.54) is 5.57 Å². The van der Waals surface area contributed by atoms with Gasteiger partial charge in [0, 0.05) is 0 Å². The molecule has 3 heteroatoms. The Morgan fingerprint density at radius 2 is 1.78 bits per heavy atom. The SMILES string of the molecule is CC1C[C@@]2(C)C(=CC(O)[C@@H]3[C@H]2CC[C@]2(C)C(O)CC[C@@H]32)CC1O. The van der Waals surface area contributed by atoms with E-state index in [-0.39, 0.29) is 29.0 Å². The van der Waals surface area contributed by atoms with Crippen LogP contribution in [0.1, 0.15) is 59.3 Å². The van der Waals surface area contributed by atoms with Crippen LogP contribution in [0.15, 0.2) is 11.6 Å². The van der Waals surface area contributed by atoms with Crippen molar-refractivity contribution in [2.45, 2.75) is 77.6 Å². The quantitative estimate of drug-likeness (QED) is 0.602. The van der Waals surface area contributed by atoms with Crippen LogP contribution in [0.5, 0.6) is 0 Å². The second-order valence-electron chi connectivity index (χ2n) is 9.48. The Kier molecular flexibility index (Phi) is 3.54. The van der Waals surface area contributed by atoms with E-state index in [1.807, 2.05) is 0 Å². The number of aliphatic hydroxyl groups excluding tert-OH is 3. The molecule has 0 aromatic carbocycles. The molecule has 0 spiro atoms. The maximum atomic E-state index is 10.9. The second-order valence-corrected chi connectivity index (χ2v) is 9.48. The standard InChI is InChI=1S/C20H32O3/c1-11-10-20(3)12(8-15(11)21)9-16(22)18-13-4-5-17(23)19(13,2)7-6-14(18)20/h9,11,13-18,21-23H,4-8,10H2,1-3H3/t11?,13-,14+,15?,16?,17?,18-,19-,20-/m0/s1. The lowest BCUT2D eigenvalue weighted by molar-refractivity contribution is -0.111. The molecule has 3 saturated carbocycles. The van der Waals surface area contributed by atoms with E-state index >= 15 is 0 Å². The van der Waals surface area contributed by atoms with Crippen molar-refractivity contribution >= 4 is 0 Å². The fraction of sp³-hybridized carbons (Fsp3) is 0.900. The highest BCUT2D eigenvalue weighted by Crippen LogP contribution is 2.65. The van der Waals surface area contributed by atoms with Crippen LogP contribution in [0.25, 0.3) is 0 Å². The van der Waals surface area contributed by atoms with Crippen molar-refractivity contribution in [3.8, 4) is 0 Å². The van der Waals surface area contributed by atoms with Crippen molar-refractivity contribution in [2.75, 3.05) is 0 Å². The Hall–Kier alpha value is -0.380. The second kappa shape index (κ2) is 5.06. The number of aliphatic hydroxyl groups is 3. The predicted molar refractivity (Wildman–Crippen MR) is 89.7 cm³/mol. The summed E-state index contributed by atoms with van der Waals surface area (Å²) in [6.45, 7) is 6.78. The third kappa shape index (κ3) is 2.06. The molecule has 3 nitrogen and oxygen atoms in total. The molecule has 0 amide bonds. The van der Waals surface area contributed by atoms with Crippen molar-refractivity contribution in [1.29, 1.82) is 0 Å². The van der Waals surface area contributed by atoms with Crippen LogP contribution in [-0.4, -0.2) is 33.6 Å². The molecular formula is C20H32O3. The van der Waals surface area contributed by atoms with Crippen molar-refractivity contribution in [3.63, 3.8) is 0 Å². The molecule has 4 aliphatic rings. The first-order valence-corrected chi connectivity index (χ1v) is 9.53. The van der Waals surface area contributed by atoms with E-state index in [0.717, 1.165) is 38.5 Å². The topological polar surface area (TPSA) is 60.7 Å². The van der Waals surface area contributed by atoms with Crippen LogP contribution < -0.4 is 0 Å². The largest absolute Gasteiger partial charge is 0.393 e. The number of rotatable bonds is 0. The lowest BCUT2D eigenvalue weighted by Gasteiger charge is -2.59. The Morgan fingerprint density at radius 1 is 1.04 bits per heavy atom. The number of hydrogen-bond donors (Lipinski definition) is 3. The molecule has 130 valence electrons. The Morgan fingerprint density at radius 3 is 2.52 bits per heavy atom. The maximum absolute atomic E-state index is 10.9. The molecule has 0 heterocycles. The average molecular weight is 320 g/mol. The first-order chi connectivity index (χ1) is 10.8. The van der Waals surface area contributed by atoms with Crippen LogP contribution in [0.3, 0.4) is 0 Å². The molecule has 4 aliphatic carbocycles. The molecule has 0 radical (unpaired) electrons. The summed E-state index contributed by atoms with van der Waals surface area (Å²) in [6.07, 6.45) is 7.07. The van der Waals surface area contributed by atoms with Gasteiger partial charge in [0.25, 0.3) is 0 Å². The summed E-state index contributed by atoms with van der Waals surface area (Å²) in [7, 11) is 0. The zero-order valence-electron chi connectivity index (χ0n) is 14.7. The third-order valence-corrected chi connectivity index (χ3v) is 8.43. The monoisotopic (exact) mass is 320 g/mol. The Balaban J connectivity index is 1.74. The fourth-order valence-corrected chi connectivity index (χ4v) is 6.95. The molecule has 0 bridgehead atoms. The van der Waals surface area contributed by atoms with Gasteiger partial charge >= 0.3 is 0 Å². The van der Waals surface area contributed by atoms with E-state index in [0.29, 0.717) is 17.8 Å². The van der Waals surface area contributed by atoms with Crippen molar-refractivity contribution in [3.05, 3.63) is 11.6 Å². The summed E-state index contributed by atoms with van der Waals surface area (Å²) in [4.78, 5) is 0. The summed E-state index contributed by atoms with van der Waals surface area (Å²) < 4.78 is 0. The minimum Gasteiger partial charge on any atom is -0.393 e. The van der Waals surface area contributed by atoms with Gasteiger partial charge in [0.2, 0.25) is 0 Å². The van der Waals surface area contributed by atoms with Gasteiger partial charge in [-0.05, 0) is 73.0 Å². The molecule has 3 fully saturated rings. The van der Waals surface area contributed by atoms with Gasteiger partial charge in [-0.2, -0.15) is 0 Å². The van der Waals surface area contributed by atoms with Crippen molar-refractivity contribution in [2.24, 2.45) is 34.5 Å². The van der Waals surface area contributed by atoms with Gasteiger partial charge in [0.1, 0.15) is 0 Å². The summed E-state index contributed by atoms with van der Waals surface area (Å²) in [6, 6.07) is 0. The molecule has 23 heavy (non-hydrogen) atoms. The molecule has 0 aromatic rings. The summed E-state index contributed by atoms with van der Waals surface area (Å²) >= 11 is 0. The van der Waals surface area contributed by atoms with E-state index in [9.17, 15) is 15.3 Å². The molecule has 4 unspecified atom stereocenters. The third-order valence-electron chi connectivity index (χ3n) is 8.43. The zero-order valence-corrected chi connectivity index (χ0v) is 14.7. The van der Waals surface area contributed by atoms with Crippen LogP contribution in [0.2, 0.25) is 0 Å².